The number of nitrogens with two attached hydrogens (primary N) is 1. The quantitative estimate of drug-likeness (QED) is 0.811. The fourth-order valence-electron chi connectivity index (χ4n) is 2.79. The molecule has 21 heavy (non-hydrogen) atoms. The normalized spacial score (nSPS) is 17.9. The standard InChI is InChI=1S/C15H22N2O3S/c1-17(9-11-21(19,20)10-8-15(16)18)14-7-6-12-4-2-3-5-13(12)14/h2-5,14H,6-11H2,1H3,(H2,16,18)/t14-/m0/s1. The largest absolute Gasteiger partial charge is 0.370 e. The van der Waals surface area contributed by atoms with E-state index in [1.807, 2.05) is 19.2 Å². The average Bonchev–Trinajstić information content (AvgIpc) is 2.87. The molecule has 0 aromatic heterocycles. The van der Waals surface area contributed by atoms with Gasteiger partial charge in [-0.25, -0.2) is 8.42 Å². The van der Waals surface area contributed by atoms with Crippen LogP contribution in [0, 0.1) is 0 Å². The maximum atomic E-state index is 11.9. The Balaban J connectivity index is 1.91. The Labute approximate surface area is 126 Å². The molecule has 1 aliphatic rings. The van der Waals surface area contributed by atoms with Crippen molar-refractivity contribution in [2.45, 2.75) is 25.3 Å². The van der Waals surface area contributed by atoms with Crippen LogP contribution in [0.15, 0.2) is 24.3 Å². The van der Waals surface area contributed by atoms with Crippen LogP contribution in [0.1, 0.15) is 30.0 Å². The van der Waals surface area contributed by atoms with E-state index in [0.29, 0.717) is 6.54 Å². The molecule has 0 bridgehead atoms. The van der Waals surface area contributed by atoms with Crippen molar-refractivity contribution in [2.75, 3.05) is 25.1 Å². The molecular weight excluding hydrogens is 288 g/mol. The molecule has 0 radical (unpaired) electrons. The van der Waals surface area contributed by atoms with E-state index in [1.165, 1.54) is 11.1 Å². The van der Waals surface area contributed by atoms with Crippen LogP contribution >= 0.6 is 0 Å². The molecule has 116 valence electrons. The number of rotatable bonds is 7. The van der Waals surface area contributed by atoms with E-state index in [9.17, 15) is 13.2 Å². The summed E-state index contributed by atoms with van der Waals surface area (Å²) in [6.07, 6.45) is 1.97. The van der Waals surface area contributed by atoms with Crippen LogP contribution in [-0.4, -0.2) is 44.3 Å². The molecule has 2 rings (SSSR count). The zero-order valence-electron chi connectivity index (χ0n) is 12.3. The minimum absolute atomic E-state index is 0.0649. The lowest BCUT2D eigenvalue weighted by Gasteiger charge is -2.25. The molecule has 6 heteroatoms. The van der Waals surface area contributed by atoms with Crippen molar-refractivity contribution in [3.8, 4) is 0 Å². The lowest BCUT2D eigenvalue weighted by molar-refractivity contribution is -0.117. The van der Waals surface area contributed by atoms with Gasteiger partial charge in [0.25, 0.3) is 0 Å². The smallest absolute Gasteiger partial charge is 0.218 e. The molecule has 1 amide bonds. The Bertz CT molecular complexity index is 613. The first-order valence-electron chi connectivity index (χ1n) is 7.16. The number of primary amides is 1. The Morgan fingerprint density at radius 3 is 2.76 bits per heavy atom. The monoisotopic (exact) mass is 310 g/mol. The first-order chi connectivity index (χ1) is 9.89. The molecule has 1 atom stereocenters. The number of hydrogen-bond acceptors (Lipinski definition) is 4. The highest BCUT2D eigenvalue weighted by atomic mass is 32.2. The zero-order chi connectivity index (χ0) is 15.5. The van der Waals surface area contributed by atoms with Gasteiger partial charge in [0.15, 0.2) is 9.84 Å². The average molecular weight is 310 g/mol. The van der Waals surface area contributed by atoms with E-state index in [-0.39, 0.29) is 24.0 Å². The molecule has 0 heterocycles. The topological polar surface area (TPSA) is 80.5 Å². The van der Waals surface area contributed by atoms with Crippen molar-refractivity contribution in [3.63, 3.8) is 0 Å². The number of nitrogens with zero attached hydrogens (tertiary/aromatic N) is 1. The second-order valence-electron chi connectivity index (χ2n) is 5.60. The fraction of sp³-hybridized carbons (Fsp3) is 0.533. The Morgan fingerprint density at radius 2 is 2.05 bits per heavy atom. The molecule has 0 fully saturated rings. The SMILES string of the molecule is CN(CCS(=O)(=O)CCC(N)=O)[C@H]1CCc2ccccc21. The van der Waals surface area contributed by atoms with Gasteiger partial charge >= 0.3 is 0 Å². The van der Waals surface area contributed by atoms with Crippen molar-refractivity contribution in [3.05, 3.63) is 35.4 Å². The highest BCUT2D eigenvalue weighted by Gasteiger charge is 2.26. The Hall–Kier alpha value is -1.40. The third-order valence-corrected chi connectivity index (χ3v) is 5.68. The van der Waals surface area contributed by atoms with Gasteiger partial charge < -0.3 is 5.73 Å². The van der Waals surface area contributed by atoms with Crippen LogP contribution < -0.4 is 5.73 Å². The van der Waals surface area contributed by atoms with Gasteiger partial charge in [-0.05, 0) is 31.0 Å². The van der Waals surface area contributed by atoms with Crippen LogP contribution in [0.3, 0.4) is 0 Å². The summed E-state index contributed by atoms with van der Waals surface area (Å²) in [6, 6.07) is 8.59. The van der Waals surface area contributed by atoms with Crippen LogP contribution in [0.5, 0.6) is 0 Å². The number of benzene rings is 1. The summed E-state index contributed by atoms with van der Waals surface area (Å²) in [5, 5.41) is 0. The van der Waals surface area contributed by atoms with E-state index in [1.54, 1.807) is 0 Å². The summed E-state index contributed by atoms with van der Waals surface area (Å²) in [7, 11) is -1.27. The van der Waals surface area contributed by atoms with Crippen molar-refractivity contribution >= 4 is 15.7 Å². The first kappa shape index (κ1) is 16.0. The summed E-state index contributed by atoms with van der Waals surface area (Å²) in [6.45, 7) is 0.472. The molecule has 0 saturated heterocycles. The second-order valence-corrected chi connectivity index (χ2v) is 7.91. The number of fused-ring (bicyclic) bond motifs is 1. The number of carbonyl (C=O) groups excluding carboxylic acids is 1. The van der Waals surface area contributed by atoms with Crippen LogP contribution in [0.4, 0.5) is 0 Å². The molecule has 2 N–H and O–H groups in total. The summed E-state index contributed by atoms with van der Waals surface area (Å²) >= 11 is 0. The predicted molar refractivity (Wildman–Crippen MR) is 82.6 cm³/mol. The molecule has 0 aliphatic heterocycles. The van der Waals surface area contributed by atoms with Gasteiger partial charge in [0.1, 0.15) is 0 Å². The van der Waals surface area contributed by atoms with Gasteiger partial charge in [-0.2, -0.15) is 0 Å². The summed E-state index contributed by atoms with van der Waals surface area (Å²) in [4.78, 5) is 12.8. The second kappa shape index (κ2) is 6.58. The minimum Gasteiger partial charge on any atom is -0.370 e. The van der Waals surface area contributed by atoms with E-state index < -0.39 is 15.7 Å². The molecule has 1 aromatic carbocycles. The molecule has 1 aliphatic carbocycles. The third kappa shape index (κ3) is 4.28. The van der Waals surface area contributed by atoms with E-state index in [0.717, 1.165) is 12.8 Å². The summed E-state index contributed by atoms with van der Waals surface area (Å²) in [5.41, 5.74) is 7.65. The number of sulfone groups is 1. The molecule has 0 spiro atoms. The third-order valence-electron chi connectivity index (χ3n) is 4.05. The molecule has 1 aromatic rings. The number of amides is 1. The van der Waals surface area contributed by atoms with Gasteiger partial charge in [0.2, 0.25) is 5.91 Å². The number of aryl methyl sites for hydroxylation is 1. The van der Waals surface area contributed by atoms with Crippen LogP contribution in [0.25, 0.3) is 0 Å². The summed E-state index contributed by atoms with van der Waals surface area (Å²) < 4.78 is 23.7. The van der Waals surface area contributed by atoms with Gasteiger partial charge in [-0.1, -0.05) is 24.3 Å². The van der Waals surface area contributed by atoms with Crippen molar-refractivity contribution in [1.82, 2.24) is 4.90 Å². The molecular formula is C15H22N2O3S. The Morgan fingerprint density at radius 1 is 1.33 bits per heavy atom. The van der Waals surface area contributed by atoms with Crippen LogP contribution in [-0.2, 0) is 21.1 Å². The zero-order valence-corrected chi connectivity index (χ0v) is 13.1. The van der Waals surface area contributed by atoms with Crippen molar-refractivity contribution < 1.29 is 13.2 Å². The Kier molecular flexibility index (Phi) is 5.00. The fourth-order valence-corrected chi connectivity index (χ4v) is 4.07. The maximum Gasteiger partial charge on any atom is 0.218 e. The van der Waals surface area contributed by atoms with Crippen LogP contribution in [0.2, 0.25) is 0 Å². The highest BCUT2D eigenvalue weighted by Crippen LogP contribution is 2.34. The minimum atomic E-state index is -3.22. The van der Waals surface area contributed by atoms with Gasteiger partial charge in [-0.3, -0.25) is 9.69 Å². The number of carbonyl (C=O) groups is 1. The predicted octanol–water partition coefficient (Wildman–Crippen LogP) is 0.896. The van der Waals surface area contributed by atoms with E-state index in [4.69, 9.17) is 5.73 Å². The first-order valence-corrected chi connectivity index (χ1v) is 8.98. The van der Waals surface area contributed by atoms with Gasteiger partial charge in [0, 0.05) is 19.0 Å². The van der Waals surface area contributed by atoms with E-state index in [2.05, 4.69) is 17.0 Å². The molecule has 5 nitrogen and oxygen atoms in total. The highest BCUT2D eigenvalue weighted by molar-refractivity contribution is 7.91. The molecule has 0 unspecified atom stereocenters. The van der Waals surface area contributed by atoms with Gasteiger partial charge in [0.05, 0.1) is 11.5 Å². The summed E-state index contributed by atoms with van der Waals surface area (Å²) in [5.74, 6) is -0.663. The lowest BCUT2D eigenvalue weighted by Crippen LogP contribution is -2.30. The van der Waals surface area contributed by atoms with Crippen molar-refractivity contribution in [1.29, 1.82) is 0 Å². The molecule has 0 saturated carbocycles. The number of hydrogen-bond donors (Lipinski definition) is 1. The van der Waals surface area contributed by atoms with Gasteiger partial charge in [-0.15, -0.1) is 0 Å². The lowest BCUT2D eigenvalue weighted by atomic mass is 10.1. The van der Waals surface area contributed by atoms with Crippen molar-refractivity contribution in [2.24, 2.45) is 5.73 Å². The van der Waals surface area contributed by atoms with E-state index >= 15 is 0 Å². The maximum absolute atomic E-state index is 11.9.